The Hall–Kier alpha value is -0.870. The second-order valence-corrected chi connectivity index (χ2v) is 3.27. The molecule has 0 aromatic heterocycles. The third-order valence-corrected chi connectivity index (χ3v) is 1.46. The topological polar surface area (TPSA) is 55.8 Å². The Morgan fingerprint density at radius 3 is 2.38 bits per heavy atom. The third-order valence-electron chi connectivity index (χ3n) is 1.46. The van der Waals surface area contributed by atoms with Gasteiger partial charge < -0.3 is 4.74 Å². The number of hydrogen-bond donors (Lipinski definition) is 1. The Balaban J connectivity index is 3.90. The second-order valence-electron chi connectivity index (χ2n) is 3.27. The van der Waals surface area contributed by atoms with Crippen LogP contribution in [-0.2, 0) is 14.4 Å². The molecule has 0 aliphatic carbocycles. The smallest absolute Gasteiger partial charge is 0.336 e. The van der Waals surface area contributed by atoms with Crippen molar-refractivity contribution in [2.45, 2.75) is 26.9 Å². The van der Waals surface area contributed by atoms with Gasteiger partial charge in [0.15, 0.2) is 0 Å². The van der Waals surface area contributed by atoms with Crippen LogP contribution in [0.4, 0.5) is 0 Å². The lowest BCUT2D eigenvalue weighted by Gasteiger charge is -2.11. The summed E-state index contributed by atoms with van der Waals surface area (Å²) in [5, 5.41) is 8.26. The Morgan fingerprint density at radius 2 is 2.00 bits per heavy atom. The number of rotatable bonds is 5. The largest absolute Gasteiger partial charge is 0.462 e. The first-order valence-electron chi connectivity index (χ1n) is 4.15. The summed E-state index contributed by atoms with van der Waals surface area (Å²) in [4.78, 5) is 15.1. The van der Waals surface area contributed by atoms with Gasteiger partial charge in [-0.1, -0.05) is 20.4 Å². The fourth-order valence-electron chi connectivity index (χ4n) is 0.565. The molecule has 0 bridgehead atoms. The highest BCUT2D eigenvalue weighted by Gasteiger charge is 2.16. The molecule has 0 aromatic carbocycles. The van der Waals surface area contributed by atoms with Gasteiger partial charge in [-0.05, 0) is 12.8 Å². The normalized spacial score (nSPS) is 12.7. The first kappa shape index (κ1) is 12.1. The van der Waals surface area contributed by atoms with Crippen LogP contribution in [0.3, 0.4) is 0 Å². The average Bonchev–Trinajstić information content (AvgIpc) is 2.11. The molecule has 0 aliphatic heterocycles. The Bertz CT molecular complexity index is 186. The Labute approximate surface area is 78.1 Å². The lowest BCUT2D eigenvalue weighted by Crippen LogP contribution is -2.20. The molecule has 1 unspecified atom stereocenters. The van der Waals surface area contributed by atoms with Gasteiger partial charge >= 0.3 is 5.97 Å². The summed E-state index contributed by atoms with van der Waals surface area (Å²) in [7, 11) is 0. The van der Waals surface area contributed by atoms with E-state index in [9.17, 15) is 4.79 Å². The van der Waals surface area contributed by atoms with E-state index < -0.39 is 12.1 Å². The van der Waals surface area contributed by atoms with Crippen molar-refractivity contribution in [3.05, 3.63) is 12.2 Å². The zero-order valence-electron chi connectivity index (χ0n) is 8.24. The van der Waals surface area contributed by atoms with Crippen molar-refractivity contribution in [2.75, 3.05) is 6.61 Å². The number of carbonyl (C=O) groups is 1. The summed E-state index contributed by atoms with van der Waals surface area (Å²) in [6.07, 6.45) is -0.723. The van der Waals surface area contributed by atoms with Crippen LogP contribution in [-0.4, -0.2) is 23.9 Å². The van der Waals surface area contributed by atoms with E-state index in [2.05, 4.69) is 11.5 Å². The second kappa shape index (κ2) is 5.72. The summed E-state index contributed by atoms with van der Waals surface area (Å²) in [5.41, 5.74) is 0.114. The van der Waals surface area contributed by atoms with E-state index in [0.717, 1.165) is 0 Å². The molecule has 0 saturated heterocycles. The third kappa shape index (κ3) is 4.65. The highest BCUT2D eigenvalue weighted by Crippen LogP contribution is 2.05. The number of hydrogen-bond acceptors (Lipinski definition) is 4. The first-order valence-corrected chi connectivity index (χ1v) is 4.15. The maximum Gasteiger partial charge on any atom is 0.336 e. The van der Waals surface area contributed by atoms with Crippen LogP contribution >= 0.6 is 0 Å². The fraction of sp³-hybridized carbons (Fsp3) is 0.667. The van der Waals surface area contributed by atoms with E-state index in [-0.39, 0.29) is 11.5 Å². The average molecular weight is 188 g/mol. The predicted octanol–water partition coefficient (Wildman–Crippen LogP) is 1.62. The molecule has 0 aromatic rings. The van der Waals surface area contributed by atoms with Crippen molar-refractivity contribution in [1.82, 2.24) is 0 Å². The van der Waals surface area contributed by atoms with Crippen molar-refractivity contribution in [3.63, 3.8) is 0 Å². The molecule has 76 valence electrons. The van der Waals surface area contributed by atoms with Crippen molar-refractivity contribution in [2.24, 2.45) is 5.92 Å². The van der Waals surface area contributed by atoms with E-state index in [1.54, 1.807) is 0 Å². The molecule has 0 amide bonds. The van der Waals surface area contributed by atoms with Gasteiger partial charge in [-0.3, -0.25) is 5.26 Å². The van der Waals surface area contributed by atoms with Gasteiger partial charge in [0, 0.05) is 0 Å². The molecule has 0 saturated carbocycles. The molecular formula is C9H16O4. The van der Waals surface area contributed by atoms with E-state index >= 15 is 0 Å². The van der Waals surface area contributed by atoms with E-state index in [0.29, 0.717) is 6.61 Å². The molecule has 0 fully saturated rings. The highest BCUT2D eigenvalue weighted by atomic mass is 17.1. The maximum atomic E-state index is 11.1. The zero-order valence-corrected chi connectivity index (χ0v) is 8.24. The lowest BCUT2D eigenvalue weighted by molar-refractivity contribution is -0.264. The van der Waals surface area contributed by atoms with Gasteiger partial charge in [-0.15, -0.1) is 0 Å². The van der Waals surface area contributed by atoms with Crippen LogP contribution in [0.25, 0.3) is 0 Å². The van der Waals surface area contributed by atoms with Crippen LogP contribution in [0.2, 0.25) is 0 Å². The zero-order chi connectivity index (χ0) is 10.4. The predicted molar refractivity (Wildman–Crippen MR) is 48.1 cm³/mol. The van der Waals surface area contributed by atoms with Crippen LogP contribution in [0, 0.1) is 5.92 Å². The minimum Gasteiger partial charge on any atom is -0.462 e. The molecule has 13 heavy (non-hydrogen) atoms. The molecule has 0 heterocycles. The molecule has 1 N–H and O–H groups in total. The Morgan fingerprint density at radius 1 is 1.46 bits per heavy atom. The number of ether oxygens (including phenoxy) is 1. The van der Waals surface area contributed by atoms with Gasteiger partial charge in [-0.2, -0.15) is 0 Å². The minimum absolute atomic E-state index is 0.114. The van der Waals surface area contributed by atoms with Crippen molar-refractivity contribution in [1.29, 1.82) is 0 Å². The van der Waals surface area contributed by atoms with Crippen LogP contribution in [0.5, 0.6) is 0 Å². The van der Waals surface area contributed by atoms with Gasteiger partial charge in [0.1, 0.15) is 6.10 Å². The molecule has 1 atom stereocenters. The number of esters is 1. The highest BCUT2D eigenvalue weighted by molar-refractivity contribution is 5.88. The molecule has 4 heteroatoms. The van der Waals surface area contributed by atoms with Gasteiger partial charge in [0.25, 0.3) is 0 Å². The monoisotopic (exact) mass is 188 g/mol. The SMILES string of the molecule is C=C(C(=O)OCC(C)C)C(C)OO. The van der Waals surface area contributed by atoms with Crippen molar-refractivity contribution < 1.29 is 19.7 Å². The van der Waals surface area contributed by atoms with E-state index in [4.69, 9.17) is 9.99 Å². The van der Waals surface area contributed by atoms with Crippen LogP contribution in [0.1, 0.15) is 20.8 Å². The fourth-order valence-corrected chi connectivity index (χ4v) is 0.565. The van der Waals surface area contributed by atoms with Crippen LogP contribution in [0.15, 0.2) is 12.2 Å². The summed E-state index contributed by atoms with van der Waals surface area (Å²) in [6.45, 7) is 9.17. The van der Waals surface area contributed by atoms with Crippen molar-refractivity contribution in [3.8, 4) is 0 Å². The van der Waals surface area contributed by atoms with Gasteiger partial charge in [0.05, 0.1) is 12.2 Å². The van der Waals surface area contributed by atoms with Crippen LogP contribution < -0.4 is 0 Å². The van der Waals surface area contributed by atoms with Crippen molar-refractivity contribution >= 4 is 5.97 Å². The van der Waals surface area contributed by atoms with Gasteiger partial charge in [-0.25, -0.2) is 9.68 Å². The minimum atomic E-state index is -0.723. The molecule has 0 rings (SSSR count). The summed E-state index contributed by atoms with van der Waals surface area (Å²) < 4.78 is 4.86. The van der Waals surface area contributed by atoms with E-state index in [1.807, 2.05) is 13.8 Å². The lowest BCUT2D eigenvalue weighted by atomic mass is 10.2. The summed E-state index contributed by atoms with van der Waals surface area (Å²) >= 11 is 0. The summed E-state index contributed by atoms with van der Waals surface area (Å²) in [6, 6.07) is 0. The molecule has 4 nitrogen and oxygen atoms in total. The standard InChI is InChI=1S/C9H16O4/c1-6(2)5-12-9(10)7(3)8(4)13-11/h6,8,11H,3,5H2,1-2,4H3. The molecular weight excluding hydrogens is 172 g/mol. The summed E-state index contributed by atoms with van der Waals surface area (Å²) in [5.74, 6) is -0.252. The molecule has 0 radical (unpaired) electrons. The molecule has 0 aliphatic rings. The Kier molecular flexibility index (Phi) is 5.34. The maximum absolute atomic E-state index is 11.1. The first-order chi connectivity index (χ1) is 5.99. The quantitative estimate of drug-likeness (QED) is 0.308. The number of carbonyl (C=O) groups excluding carboxylic acids is 1. The molecule has 0 spiro atoms. The van der Waals surface area contributed by atoms with Gasteiger partial charge in [0.2, 0.25) is 0 Å². The van der Waals surface area contributed by atoms with E-state index in [1.165, 1.54) is 6.92 Å².